The second-order valence-corrected chi connectivity index (χ2v) is 5.56. The van der Waals surface area contributed by atoms with Crippen molar-refractivity contribution in [1.29, 1.82) is 0 Å². The fraction of sp³-hybridized carbons (Fsp3) is 0.667. The van der Waals surface area contributed by atoms with E-state index in [1.807, 2.05) is 6.92 Å². The van der Waals surface area contributed by atoms with Crippen LogP contribution in [-0.2, 0) is 0 Å². The molecule has 2 nitrogen and oxygen atoms in total. The van der Waals surface area contributed by atoms with Crippen LogP contribution in [-0.4, -0.2) is 25.3 Å². The summed E-state index contributed by atoms with van der Waals surface area (Å²) in [6.07, 6.45) is 0. The van der Waals surface area contributed by atoms with E-state index in [9.17, 15) is 4.79 Å². The first-order chi connectivity index (χ1) is 2.77. The molecule has 0 aromatic carbocycles. The summed E-state index contributed by atoms with van der Waals surface area (Å²) in [5.74, 6) is 0. The van der Waals surface area contributed by atoms with Crippen LogP contribution in [0.1, 0.15) is 6.92 Å². The molecule has 0 saturated carbocycles. The number of hydrogen-bond donors (Lipinski definition) is 1. The van der Waals surface area contributed by atoms with Crippen molar-refractivity contribution in [3.63, 3.8) is 0 Å². The van der Waals surface area contributed by atoms with E-state index < -0.39 is 20.2 Å². The van der Waals surface area contributed by atoms with E-state index in [1.54, 1.807) is 0 Å². The Hall–Kier alpha value is 0.0129. The summed E-state index contributed by atoms with van der Waals surface area (Å²) in [6, 6.07) is 0. The van der Waals surface area contributed by atoms with E-state index in [1.165, 1.54) is 0 Å². The molecule has 0 aliphatic carbocycles. The van der Waals surface area contributed by atoms with Crippen molar-refractivity contribution in [2.75, 3.05) is 0 Å². The summed E-state index contributed by atoms with van der Waals surface area (Å²) in [5.41, 5.74) is 0. The second kappa shape index (κ2) is 3.21. The van der Waals surface area contributed by atoms with Gasteiger partial charge in [0.25, 0.3) is 0 Å². The van der Waals surface area contributed by atoms with Crippen LogP contribution < -0.4 is 0 Å². The summed E-state index contributed by atoms with van der Waals surface area (Å²) >= 11 is -1.08. The van der Waals surface area contributed by atoms with E-state index in [0.29, 0.717) is 0 Å². The Bertz CT molecular complexity index is 52.8. The summed E-state index contributed by atoms with van der Waals surface area (Å²) in [4.78, 5) is 9.16. The normalized spacial score (nSPS) is 10.2. The van der Waals surface area contributed by atoms with Crippen molar-refractivity contribution in [2.24, 2.45) is 0 Å². The predicted octanol–water partition coefficient (Wildman–Crippen LogP) is 0.271. The Kier molecular flexibility index (Phi) is 3.22. The SMILES string of the molecule is C[CH2][GeH2][C](=O)O. The van der Waals surface area contributed by atoms with Crippen molar-refractivity contribution in [3.05, 3.63) is 0 Å². The fourth-order valence-corrected chi connectivity index (χ4v) is 1.11. The molecule has 0 fully saturated rings. The minimum absolute atomic E-state index is 0.523. The van der Waals surface area contributed by atoms with Gasteiger partial charge in [-0.05, 0) is 0 Å². The average molecular weight is 149 g/mol. The van der Waals surface area contributed by atoms with E-state index >= 15 is 0 Å². The van der Waals surface area contributed by atoms with Gasteiger partial charge in [-0.3, -0.25) is 0 Å². The standard InChI is InChI=1S/C3H8GeO2/c1-2-4-3(5)6/h2,4H2,1H3,(H,5,6). The first kappa shape index (κ1) is 6.01. The van der Waals surface area contributed by atoms with Crippen LogP contribution in [0.15, 0.2) is 0 Å². The molecule has 1 N–H and O–H groups in total. The molecule has 0 atom stereocenters. The van der Waals surface area contributed by atoms with Gasteiger partial charge in [0.05, 0.1) is 0 Å². The average Bonchev–Trinajstić information content (AvgIpc) is 1.35. The molecule has 0 aromatic heterocycles. The van der Waals surface area contributed by atoms with Gasteiger partial charge in [0, 0.05) is 0 Å². The maximum atomic E-state index is 9.68. The quantitative estimate of drug-likeness (QED) is 0.571. The molecule has 6 heavy (non-hydrogen) atoms. The molecule has 36 valence electrons. The number of carbonyl (C=O) groups is 1. The van der Waals surface area contributed by atoms with Crippen molar-refractivity contribution in [1.82, 2.24) is 0 Å². The minimum atomic E-state index is -1.08. The molecule has 0 bridgehead atoms. The molecule has 0 aliphatic heterocycles. The van der Waals surface area contributed by atoms with Crippen molar-refractivity contribution < 1.29 is 9.90 Å². The number of hydrogen-bond acceptors (Lipinski definition) is 1. The Labute approximate surface area is 43.0 Å². The van der Waals surface area contributed by atoms with Crippen LogP contribution in [0.25, 0.3) is 0 Å². The predicted molar refractivity (Wildman–Crippen MR) is 27.0 cm³/mol. The molecule has 0 unspecified atom stereocenters. The van der Waals surface area contributed by atoms with Crippen LogP contribution in [0.2, 0.25) is 5.25 Å². The van der Waals surface area contributed by atoms with Gasteiger partial charge in [-0.15, -0.1) is 0 Å². The van der Waals surface area contributed by atoms with Gasteiger partial charge in [0.2, 0.25) is 0 Å². The maximum absolute atomic E-state index is 9.68. The fourth-order valence-electron chi connectivity index (χ4n) is 0.214. The van der Waals surface area contributed by atoms with Gasteiger partial charge >= 0.3 is 42.3 Å². The van der Waals surface area contributed by atoms with Gasteiger partial charge in [0.1, 0.15) is 0 Å². The summed E-state index contributed by atoms with van der Waals surface area (Å²) in [7, 11) is 0. The first-order valence-corrected chi connectivity index (χ1v) is 5.57. The van der Waals surface area contributed by atoms with E-state index in [0.717, 1.165) is 5.25 Å². The molecule has 0 rings (SSSR count). The topological polar surface area (TPSA) is 37.3 Å². The zero-order valence-corrected chi connectivity index (χ0v) is 6.74. The van der Waals surface area contributed by atoms with E-state index in [-0.39, 0.29) is 0 Å². The monoisotopic (exact) mass is 150 g/mol. The zero-order chi connectivity index (χ0) is 4.99. The molecule has 0 amide bonds. The van der Waals surface area contributed by atoms with Crippen molar-refractivity contribution in [3.8, 4) is 0 Å². The van der Waals surface area contributed by atoms with Crippen LogP contribution in [0.5, 0.6) is 0 Å². The van der Waals surface area contributed by atoms with Gasteiger partial charge in [-0.2, -0.15) is 0 Å². The molecular formula is C3H8GeO2. The molecule has 0 spiro atoms. The third kappa shape index (κ3) is 4.01. The molecule has 0 saturated heterocycles. The van der Waals surface area contributed by atoms with Gasteiger partial charge in [-0.25, -0.2) is 0 Å². The molecule has 3 heteroatoms. The van der Waals surface area contributed by atoms with E-state index in [4.69, 9.17) is 5.11 Å². The summed E-state index contributed by atoms with van der Waals surface area (Å²) < 4.78 is 0. The third-order valence-corrected chi connectivity index (χ3v) is 2.41. The Morgan fingerprint density at radius 2 is 2.50 bits per heavy atom. The summed E-state index contributed by atoms with van der Waals surface area (Å²) in [6.45, 7) is 1.92. The second-order valence-electron chi connectivity index (χ2n) is 1.14. The Morgan fingerprint density at radius 1 is 2.00 bits per heavy atom. The third-order valence-electron chi connectivity index (χ3n) is 0.464. The molecule has 0 radical (unpaired) electrons. The van der Waals surface area contributed by atoms with Crippen LogP contribution in [0.3, 0.4) is 0 Å². The number of carboxylic acid groups (broad SMARTS) is 1. The van der Waals surface area contributed by atoms with Crippen LogP contribution in [0, 0.1) is 0 Å². The van der Waals surface area contributed by atoms with Gasteiger partial charge < -0.3 is 0 Å². The van der Waals surface area contributed by atoms with Crippen LogP contribution >= 0.6 is 0 Å². The molecular weight excluding hydrogens is 141 g/mol. The molecule has 0 aliphatic rings. The van der Waals surface area contributed by atoms with Gasteiger partial charge in [0.15, 0.2) is 0 Å². The van der Waals surface area contributed by atoms with Crippen molar-refractivity contribution >= 4 is 20.2 Å². The Morgan fingerprint density at radius 3 is 2.50 bits per heavy atom. The molecule has 0 aromatic rings. The van der Waals surface area contributed by atoms with E-state index in [2.05, 4.69) is 0 Å². The molecule has 0 heterocycles. The summed E-state index contributed by atoms with van der Waals surface area (Å²) in [5, 5.41) is 8.92. The van der Waals surface area contributed by atoms with Crippen molar-refractivity contribution in [2.45, 2.75) is 12.2 Å². The zero-order valence-electron chi connectivity index (χ0n) is 3.77. The number of rotatable bonds is 2. The van der Waals surface area contributed by atoms with Gasteiger partial charge in [-0.1, -0.05) is 0 Å². The first-order valence-electron chi connectivity index (χ1n) is 1.99. The van der Waals surface area contributed by atoms with Crippen LogP contribution in [0.4, 0.5) is 4.79 Å². The Balaban J connectivity index is 2.83.